The Morgan fingerprint density at radius 2 is 1.96 bits per heavy atom. The van der Waals surface area contributed by atoms with E-state index in [-0.39, 0.29) is 29.9 Å². The Labute approximate surface area is 131 Å². The van der Waals surface area contributed by atoms with Crippen LogP contribution in [0.3, 0.4) is 0 Å². The highest BCUT2D eigenvalue weighted by Crippen LogP contribution is 2.48. The monoisotopic (exact) mass is 341 g/mol. The van der Waals surface area contributed by atoms with E-state index in [1.165, 1.54) is 12.1 Å². The van der Waals surface area contributed by atoms with Crippen molar-refractivity contribution in [3.63, 3.8) is 0 Å². The Kier molecular flexibility index (Phi) is 5.20. The van der Waals surface area contributed by atoms with Crippen LogP contribution in [0.25, 0.3) is 11.0 Å². The number of benzene rings is 1. The van der Waals surface area contributed by atoms with Crippen LogP contribution >= 0.6 is 7.75 Å². The predicted molar refractivity (Wildman–Crippen MR) is 83.9 cm³/mol. The lowest BCUT2D eigenvalue weighted by Crippen LogP contribution is -2.09. The van der Waals surface area contributed by atoms with E-state index < -0.39 is 24.9 Å². The molecule has 23 heavy (non-hydrogen) atoms. The number of carboxylic acids is 1. The first-order chi connectivity index (χ1) is 10.9. The van der Waals surface area contributed by atoms with Crippen LogP contribution in [0.1, 0.15) is 24.4 Å². The number of anilines is 1. The van der Waals surface area contributed by atoms with Crippen molar-refractivity contribution in [2.75, 3.05) is 18.3 Å². The highest BCUT2D eigenvalue weighted by molar-refractivity contribution is 7.55. The molecule has 1 aromatic heterocycles. The molecule has 0 radical (unpaired) electrons. The van der Waals surface area contributed by atoms with Crippen LogP contribution in [0, 0.1) is 0 Å². The van der Waals surface area contributed by atoms with Crippen LogP contribution in [0.5, 0.6) is 0 Å². The largest absolute Gasteiger partial charge is 0.475 e. The van der Waals surface area contributed by atoms with Gasteiger partial charge in [-0.05, 0) is 26.0 Å². The van der Waals surface area contributed by atoms with Crippen molar-refractivity contribution in [3.8, 4) is 0 Å². The number of carbonyl (C=O) groups is 1. The molecular formula is C14H16NO7P. The van der Waals surface area contributed by atoms with E-state index in [1.54, 1.807) is 19.9 Å². The summed E-state index contributed by atoms with van der Waals surface area (Å²) >= 11 is 0. The third-order valence-electron chi connectivity index (χ3n) is 2.82. The maximum absolute atomic E-state index is 12.5. The van der Waals surface area contributed by atoms with E-state index in [0.717, 1.165) is 6.07 Å². The van der Waals surface area contributed by atoms with Gasteiger partial charge in [-0.2, -0.15) is 0 Å². The molecule has 0 aliphatic carbocycles. The van der Waals surface area contributed by atoms with Gasteiger partial charge in [-0.3, -0.25) is 18.9 Å². The van der Waals surface area contributed by atoms with Gasteiger partial charge in [0.25, 0.3) is 0 Å². The number of aromatic carboxylic acids is 1. The molecule has 8 nitrogen and oxygen atoms in total. The number of hydrogen-bond donors (Lipinski definition) is 2. The van der Waals surface area contributed by atoms with Gasteiger partial charge >= 0.3 is 13.7 Å². The SMILES string of the molecule is CCOP(=O)(Nc1cccc2c(=O)cc(C(=O)O)oc12)OCC. The minimum absolute atomic E-state index is 0.0305. The molecule has 0 aliphatic heterocycles. The van der Waals surface area contributed by atoms with Crippen LogP contribution < -0.4 is 10.5 Å². The Morgan fingerprint density at radius 3 is 2.52 bits per heavy atom. The summed E-state index contributed by atoms with van der Waals surface area (Å²) in [6.07, 6.45) is 0. The lowest BCUT2D eigenvalue weighted by molar-refractivity contribution is 0.0663. The van der Waals surface area contributed by atoms with Gasteiger partial charge in [0.15, 0.2) is 11.0 Å². The summed E-state index contributed by atoms with van der Waals surface area (Å²) in [6.45, 7) is 3.58. The third kappa shape index (κ3) is 3.79. The summed E-state index contributed by atoms with van der Waals surface area (Å²) < 4.78 is 28.0. The molecule has 0 fully saturated rings. The highest BCUT2D eigenvalue weighted by Gasteiger charge is 2.25. The van der Waals surface area contributed by atoms with Crippen LogP contribution in [0.4, 0.5) is 5.69 Å². The van der Waals surface area contributed by atoms with E-state index >= 15 is 0 Å². The van der Waals surface area contributed by atoms with Crippen LogP contribution in [-0.2, 0) is 13.6 Å². The summed E-state index contributed by atoms with van der Waals surface area (Å²) in [5, 5.41) is 11.7. The standard InChI is InChI=1S/C14H16NO7P/c1-3-20-23(19,21-4-2)15-10-7-5-6-9-11(16)8-12(14(17)18)22-13(9)10/h5-8H,3-4H2,1-2H3,(H,15,19)(H,17,18). The Balaban J connectivity index is 2.58. The summed E-state index contributed by atoms with van der Waals surface area (Å²) in [4.78, 5) is 23.0. The second-order valence-corrected chi connectivity index (χ2v) is 6.14. The van der Waals surface area contributed by atoms with E-state index in [1.807, 2.05) is 0 Å². The highest BCUT2D eigenvalue weighted by atomic mass is 31.2. The van der Waals surface area contributed by atoms with Crippen molar-refractivity contribution < 1.29 is 27.9 Å². The number of carboxylic acid groups (broad SMARTS) is 1. The maximum atomic E-state index is 12.5. The Hall–Kier alpha value is -2.15. The first-order valence-corrected chi connectivity index (χ1v) is 8.42. The zero-order valence-corrected chi connectivity index (χ0v) is 13.5. The second-order valence-electron chi connectivity index (χ2n) is 4.41. The summed E-state index contributed by atoms with van der Waals surface area (Å²) in [7, 11) is -3.66. The van der Waals surface area contributed by atoms with Crippen LogP contribution in [0.2, 0.25) is 0 Å². The van der Waals surface area contributed by atoms with Crippen molar-refractivity contribution in [1.29, 1.82) is 0 Å². The zero-order chi connectivity index (χ0) is 17.0. The fourth-order valence-corrected chi connectivity index (χ4v) is 3.31. The molecule has 0 spiro atoms. The first kappa shape index (κ1) is 17.2. The summed E-state index contributed by atoms with van der Waals surface area (Å²) in [5.41, 5.74) is -0.403. The molecule has 0 saturated heterocycles. The normalized spacial score (nSPS) is 11.6. The molecule has 0 atom stereocenters. The molecule has 1 aromatic carbocycles. The molecule has 2 aromatic rings. The van der Waals surface area contributed by atoms with Gasteiger partial charge in [0.1, 0.15) is 0 Å². The minimum atomic E-state index is -3.66. The van der Waals surface area contributed by atoms with Gasteiger partial charge in [0.2, 0.25) is 5.76 Å². The van der Waals surface area contributed by atoms with Crippen molar-refractivity contribution in [1.82, 2.24) is 0 Å². The fourth-order valence-electron chi connectivity index (χ4n) is 1.96. The smallest absolute Gasteiger partial charge is 0.432 e. The molecule has 0 bridgehead atoms. The zero-order valence-electron chi connectivity index (χ0n) is 12.6. The number of para-hydroxylation sites is 1. The van der Waals surface area contributed by atoms with Gasteiger partial charge in [-0.1, -0.05) is 6.07 Å². The molecule has 1 heterocycles. The first-order valence-electron chi connectivity index (χ1n) is 6.87. The molecule has 0 amide bonds. The van der Waals surface area contributed by atoms with E-state index in [9.17, 15) is 14.2 Å². The van der Waals surface area contributed by atoms with Crippen molar-refractivity contribution in [2.45, 2.75) is 13.8 Å². The van der Waals surface area contributed by atoms with Gasteiger partial charge in [0, 0.05) is 6.07 Å². The molecular weight excluding hydrogens is 325 g/mol. The van der Waals surface area contributed by atoms with Crippen LogP contribution in [0.15, 0.2) is 33.5 Å². The fraction of sp³-hybridized carbons (Fsp3) is 0.286. The maximum Gasteiger partial charge on any atom is 0.432 e. The average molecular weight is 341 g/mol. The molecule has 9 heteroatoms. The third-order valence-corrected chi connectivity index (χ3v) is 4.53. The van der Waals surface area contributed by atoms with Crippen molar-refractivity contribution >= 4 is 30.4 Å². The predicted octanol–water partition coefficient (Wildman–Crippen LogP) is 3.08. The lowest BCUT2D eigenvalue weighted by Gasteiger charge is -2.19. The van der Waals surface area contributed by atoms with Gasteiger partial charge in [-0.25, -0.2) is 9.36 Å². The minimum Gasteiger partial charge on any atom is -0.475 e. The molecule has 2 N–H and O–H groups in total. The summed E-state index contributed by atoms with van der Waals surface area (Å²) in [6, 6.07) is 5.40. The molecule has 124 valence electrons. The van der Waals surface area contributed by atoms with E-state index in [0.29, 0.717) is 0 Å². The number of nitrogens with one attached hydrogen (secondary N) is 1. The second kappa shape index (κ2) is 6.95. The van der Waals surface area contributed by atoms with Crippen molar-refractivity contribution in [2.24, 2.45) is 0 Å². The van der Waals surface area contributed by atoms with Crippen molar-refractivity contribution in [3.05, 3.63) is 40.2 Å². The molecule has 0 saturated carbocycles. The Bertz CT molecular complexity index is 819. The lowest BCUT2D eigenvalue weighted by atomic mass is 10.2. The van der Waals surface area contributed by atoms with Crippen LogP contribution in [-0.4, -0.2) is 24.3 Å². The van der Waals surface area contributed by atoms with Gasteiger partial charge < -0.3 is 9.52 Å². The van der Waals surface area contributed by atoms with Gasteiger partial charge in [-0.15, -0.1) is 0 Å². The molecule has 0 unspecified atom stereocenters. The van der Waals surface area contributed by atoms with Gasteiger partial charge in [0.05, 0.1) is 24.3 Å². The topological polar surface area (TPSA) is 115 Å². The number of hydrogen-bond acceptors (Lipinski definition) is 6. The summed E-state index contributed by atoms with van der Waals surface area (Å²) in [5.74, 6) is -1.89. The number of fused-ring (bicyclic) bond motifs is 1. The number of rotatable bonds is 7. The van der Waals surface area contributed by atoms with E-state index in [4.69, 9.17) is 18.6 Å². The average Bonchev–Trinajstić information content (AvgIpc) is 2.48. The Morgan fingerprint density at radius 1 is 1.30 bits per heavy atom. The quantitative estimate of drug-likeness (QED) is 0.738. The molecule has 2 rings (SSSR count). The van der Waals surface area contributed by atoms with E-state index in [2.05, 4.69) is 5.09 Å². The molecule has 0 aliphatic rings.